The molecule has 8 unspecified atom stereocenters. The van der Waals surface area contributed by atoms with E-state index < -0.39 is 156 Å². The van der Waals surface area contributed by atoms with Gasteiger partial charge in [-0.25, -0.2) is 43.2 Å². The summed E-state index contributed by atoms with van der Waals surface area (Å²) in [6.07, 6.45) is 10.3. The second kappa shape index (κ2) is 52.5. The maximum atomic E-state index is 12.5. The third-order valence-corrected chi connectivity index (χ3v) is 24.8. The van der Waals surface area contributed by atoms with Crippen molar-refractivity contribution in [3.63, 3.8) is 0 Å². The van der Waals surface area contributed by atoms with Crippen molar-refractivity contribution in [2.45, 2.75) is 220 Å². The van der Waals surface area contributed by atoms with Crippen LogP contribution in [0.25, 0.3) is 0 Å². The molecule has 7 fully saturated rings. The van der Waals surface area contributed by atoms with E-state index in [1.54, 1.807) is 41.5 Å². The molecule has 0 aromatic rings. The van der Waals surface area contributed by atoms with Gasteiger partial charge in [-0.2, -0.15) is 11.8 Å². The third-order valence-electron chi connectivity index (χ3n) is 16.9. The predicted octanol–water partition coefficient (Wildman–Crippen LogP) is 1.22. The van der Waals surface area contributed by atoms with Gasteiger partial charge >= 0.3 is 35.8 Å². The molecule has 7 saturated heterocycles. The van der Waals surface area contributed by atoms with E-state index in [2.05, 4.69) is 45.4 Å². The third kappa shape index (κ3) is 44.0. The van der Waals surface area contributed by atoms with Crippen LogP contribution in [0.1, 0.15) is 173 Å². The molecular weight excluding hydrogens is 1820 g/mol. The largest absolute Gasteiger partial charge is 0.480 e. The number of rotatable bonds is 32. The first kappa shape index (κ1) is 113. The Morgan fingerprint density at radius 1 is 0.463 bits per heavy atom. The molecule has 9 aliphatic rings. The van der Waals surface area contributed by atoms with E-state index in [1.807, 2.05) is 41.5 Å². The van der Waals surface area contributed by atoms with E-state index in [0.29, 0.717) is 12.4 Å². The number of alkyl halides is 1. The number of aliphatic carboxylic acids is 1. The SMILES string of the molecule is CC(C)(C)OC(=O)CBr.CC(C)(C)OC(=O)CS(=O)(=O)CCCN1C(=O)C2C3CCC(O3)C2C1=O.CC(C)(C)OC(=O)CS(=O)(=O)CCCO.CC(C)(C)OC(=O)CSCCCO.CCCCO.N=S.O=C(CS(=O)(=O)CCCN1C(=O)C=CC1=O)ON1C(=O)CCC1=O.O=C(O)CS(=O)(=O)CCCN1C(=O)C=CC1=O.O=C1NC(=O)C2C3CCC(O3)C12. The van der Waals surface area contributed by atoms with Crippen LogP contribution in [-0.4, -0.2) is 318 Å². The Hall–Kier alpha value is -7.55. The standard InChI is InChI=1S/C17H25NO7S.C13H14N2O8S.C9H11NO6S.C9H18O5S.C9H18O3S.C8H9NO3.C6H11BrO2.C4H10O.HNS/c1-17(2,3)25-12(19)9-26(22,23)8-4-7-18-15(20)13-10-5-6-11(24-10)14(13)16(18)21;16-9-2-3-10(17)14(9)6-1-7-24(21,22)8-13(20)23-15-11(18)4-5-12(15)19;11-7-2-3-8(12)10(7)4-1-5-17(15,16)6-9(13)14;1-9(2,3)14-8(11)7-15(12,13)6-4-5-10;1-9(2,3)12-8(11)7-13-6-4-5-10;10-7-5-3-1-2-4(12-3)6(5)8(11)9-7;1-6(2,3)9-5(8)4-7;1-2-3-4-5;1-2/h10-11,13-14H,4-9H2,1-3H3;2-3H,1,4-8H2;2-3H,1,4-6H2,(H,13,14);10H,4-7H2,1-3H3;10H,4-7H2,1-3H3;3-6H,1-2H2,(H,9,10,11);4H2,1-3H3;5H,2-4H2,1H3;1H. The van der Waals surface area contributed by atoms with Crippen LogP contribution in [0.15, 0.2) is 24.3 Å². The Bertz CT molecular complexity index is 4140. The molecule has 9 rings (SSSR count). The molecule has 0 saturated carbocycles. The maximum Gasteiger partial charge on any atom is 0.348 e. The van der Waals surface area contributed by atoms with Gasteiger partial charge in [-0.05, 0) is 153 Å². The molecule has 41 nitrogen and oxygen atoms in total. The van der Waals surface area contributed by atoms with Crippen molar-refractivity contribution in [3.8, 4) is 0 Å². The summed E-state index contributed by atoms with van der Waals surface area (Å²) in [5.41, 5.74) is -2.18. The number of hydrogen-bond acceptors (Lipinski definition) is 37. The zero-order valence-electron chi connectivity index (χ0n) is 71.2. The molecule has 0 spiro atoms. The average Bonchev–Trinajstić information content (AvgIpc) is 1.58. The van der Waals surface area contributed by atoms with Crippen LogP contribution in [0, 0.1) is 28.5 Å². The van der Waals surface area contributed by atoms with Crippen molar-refractivity contribution in [3.05, 3.63) is 24.3 Å². The molecule has 48 heteroatoms. The lowest BCUT2D eigenvalue weighted by Crippen LogP contribution is -2.36. The number of fused-ring (bicyclic) bond motifs is 10. The van der Waals surface area contributed by atoms with Crippen molar-refractivity contribution < 1.29 is 164 Å². The summed E-state index contributed by atoms with van der Waals surface area (Å²) in [6, 6.07) is 0. The van der Waals surface area contributed by atoms with Crippen molar-refractivity contribution in [2.24, 2.45) is 23.7 Å². The van der Waals surface area contributed by atoms with Gasteiger partial charge in [0, 0.05) is 89.0 Å². The number of carbonyl (C=O) groups excluding carboxylic acids is 15. The molecule has 6 N–H and O–H groups in total. The van der Waals surface area contributed by atoms with E-state index in [4.69, 9.17) is 53.6 Å². The lowest BCUT2D eigenvalue weighted by atomic mass is 9.81. The number of nitrogens with zero attached hydrogens (tertiary/aromatic N) is 4. The highest BCUT2D eigenvalue weighted by Crippen LogP contribution is 2.49. The summed E-state index contributed by atoms with van der Waals surface area (Å²) < 4.78 is 129. The lowest BCUT2D eigenvalue weighted by molar-refractivity contribution is -0.195. The van der Waals surface area contributed by atoms with E-state index >= 15 is 0 Å². The van der Waals surface area contributed by atoms with Crippen molar-refractivity contribution in [2.75, 3.05) is 102 Å². The lowest BCUT2D eigenvalue weighted by Gasteiger charge is -2.19. The van der Waals surface area contributed by atoms with Crippen molar-refractivity contribution in [1.82, 2.24) is 25.1 Å². The number of unbranched alkanes of at least 4 members (excludes halogenated alkanes) is 1. The number of aliphatic hydroxyl groups is 3. The second-order valence-corrected chi connectivity index (χ2v) is 42.7. The first-order chi connectivity index (χ1) is 56.7. The van der Waals surface area contributed by atoms with Crippen LogP contribution < -0.4 is 5.32 Å². The maximum absolute atomic E-state index is 12.5. The fourth-order valence-electron chi connectivity index (χ4n) is 12.3. The molecule has 0 aromatic carbocycles. The molecular formula is C75H117BrN6O35S6. The summed E-state index contributed by atoms with van der Waals surface area (Å²) in [6.45, 7) is 23.4. The van der Waals surface area contributed by atoms with Crippen LogP contribution in [0.2, 0.25) is 0 Å². The van der Waals surface area contributed by atoms with Crippen LogP contribution >= 0.6 is 27.7 Å². The Balaban J connectivity index is 0.000000725. The zero-order valence-corrected chi connectivity index (χ0v) is 77.7. The smallest absolute Gasteiger partial charge is 0.348 e. The molecule has 10 amide bonds. The first-order valence-electron chi connectivity index (χ1n) is 39.0. The number of thioether (sulfide) groups is 1. The van der Waals surface area contributed by atoms with E-state index in [0.717, 1.165) is 84.8 Å². The van der Waals surface area contributed by atoms with Gasteiger partial charge in [0.05, 0.1) is 76.9 Å². The molecule has 0 radical (unpaired) electrons. The summed E-state index contributed by atoms with van der Waals surface area (Å²) in [4.78, 5) is 189. The van der Waals surface area contributed by atoms with Gasteiger partial charge < -0.3 is 53.7 Å². The molecule has 123 heavy (non-hydrogen) atoms. The Labute approximate surface area is 734 Å². The number of hydrogen-bond donors (Lipinski definition) is 6. The number of esters is 4. The molecule has 4 bridgehead atoms. The number of halogens is 1. The quantitative estimate of drug-likeness (QED) is 0.0181. The predicted molar refractivity (Wildman–Crippen MR) is 445 cm³/mol. The second-order valence-electron chi connectivity index (χ2n) is 32.3. The minimum Gasteiger partial charge on any atom is -0.480 e. The van der Waals surface area contributed by atoms with Gasteiger partial charge in [0.25, 0.3) is 35.4 Å². The highest BCUT2D eigenvalue weighted by Gasteiger charge is 2.62. The number of sulfone groups is 4. The average molecular weight is 1940 g/mol. The molecule has 9 heterocycles. The summed E-state index contributed by atoms with van der Waals surface area (Å²) >= 11 is 7.82. The topological polar surface area (TPSA) is 604 Å². The van der Waals surface area contributed by atoms with Crippen LogP contribution in [-0.2, 0) is 162 Å². The van der Waals surface area contributed by atoms with Crippen molar-refractivity contribution >= 4 is 174 Å². The van der Waals surface area contributed by atoms with Gasteiger partial charge in [0.1, 0.15) is 45.0 Å². The normalized spacial score (nSPS) is 21.0. The minimum absolute atomic E-state index is 0.0199. The molecule has 9 aliphatic heterocycles. The molecule has 0 aromatic heterocycles. The van der Waals surface area contributed by atoms with Crippen molar-refractivity contribution in [1.29, 1.82) is 4.78 Å². The Kier molecular flexibility index (Phi) is 48.5. The summed E-state index contributed by atoms with van der Waals surface area (Å²) in [5.74, 6) is -13.3. The molecule has 700 valence electrons. The van der Waals surface area contributed by atoms with E-state index in [-0.39, 0.29) is 176 Å². The fourth-order valence-corrected chi connectivity index (χ4v) is 17.6. The summed E-state index contributed by atoms with van der Waals surface area (Å²) in [5, 5.41) is 36.3. The molecule has 0 aliphatic carbocycles. The van der Waals surface area contributed by atoms with E-state index in [1.165, 1.54) is 16.7 Å². The summed E-state index contributed by atoms with van der Waals surface area (Å²) in [7, 11) is -14.7. The number of amides is 10. The molecule has 8 atom stereocenters. The minimum atomic E-state index is -3.88. The van der Waals surface area contributed by atoms with Gasteiger partial charge in [-0.15, -0.1) is 5.06 Å². The number of carboxylic acids is 1. The number of carboxylic acid groups (broad SMARTS) is 1. The highest BCUT2D eigenvalue weighted by atomic mass is 79.9. The van der Waals surface area contributed by atoms with E-state index in [9.17, 15) is 110 Å². The van der Waals surface area contributed by atoms with Crippen LogP contribution in [0.5, 0.6) is 0 Å². The van der Waals surface area contributed by atoms with Gasteiger partial charge in [0.15, 0.2) is 45.1 Å². The number of hydroxylamine groups is 2. The monoisotopic (exact) mass is 1930 g/mol. The van der Waals surface area contributed by atoms with Crippen LogP contribution in [0.3, 0.4) is 0 Å². The number of nitrogens with one attached hydrogen (secondary N) is 2. The van der Waals surface area contributed by atoms with Gasteiger partial charge in [-0.1, -0.05) is 29.3 Å². The highest BCUT2D eigenvalue weighted by molar-refractivity contribution is 9.09. The van der Waals surface area contributed by atoms with Crippen LogP contribution in [0.4, 0.5) is 0 Å². The number of likely N-dealkylation sites (tertiary alicyclic amines) is 1. The number of ether oxygens (including phenoxy) is 6. The number of aliphatic hydroxyl groups excluding tert-OH is 3. The van der Waals surface area contributed by atoms with Gasteiger partial charge in [-0.3, -0.25) is 91.9 Å². The Morgan fingerprint density at radius 3 is 1.08 bits per heavy atom. The fraction of sp³-hybridized carbons (Fsp3) is 0.733. The Morgan fingerprint density at radius 2 is 0.772 bits per heavy atom. The first-order valence-corrected chi connectivity index (χ1v) is 48.9. The number of carbonyl (C=O) groups is 16. The zero-order chi connectivity index (χ0) is 94.6. The van der Waals surface area contributed by atoms with Gasteiger partial charge in [0.2, 0.25) is 23.6 Å². The number of imide groups is 5.